The molecule has 5 heteroatoms. The molecule has 1 heterocycles. The van der Waals surface area contributed by atoms with E-state index in [1.54, 1.807) is 0 Å². The largest absolute Gasteiger partial charge is 0.469 e. The summed E-state index contributed by atoms with van der Waals surface area (Å²) in [6, 6.07) is 18.6. The third-order valence-electron chi connectivity index (χ3n) is 4.73. The molecule has 0 aliphatic carbocycles. The van der Waals surface area contributed by atoms with Crippen molar-refractivity contribution in [2.45, 2.75) is 12.1 Å². The van der Waals surface area contributed by atoms with Gasteiger partial charge in [-0.05, 0) is 11.1 Å². The number of hydrogen-bond acceptors (Lipinski definition) is 5. The molecular formula is C20H21NO4. The summed E-state index contributed by atoms with van der Waals surface area (Å²) in [5.74, 6) is -2.17. The third kappa shape index (κ3) is 3.28. The van der Waals surface area contributed by atoms with Crippen molar-refractivity contribution >= 4 is 11.9 Å². The van der Waals surface area contributed by atoms with Crippen molar-refractivity contribution in [3.05, 3.63) is 71.8 Å². The maximum atomic E-state index is 12.5. The minimum atomic E-state index is -0.662. The lowest BCUT2D eigenvalue weighted by Gasteiger charge is -2.21. The van der Waals surface area contributed by atoms with Crippen molar-refractivity contribution in [3.8, 4) is 0 Å². The van der Waals surface area contributed by atoms with Gasteiger partial charge in [0.25, 0.3) is 0 Å². The molecule has 0 saturated carbocycles. The predicted molar refractivity (Wildman–Crippen MR) is 92.5 cm³/mol. The van der Waals surface area contributed by atoms with E-state index in [1.165, 1.54) is 14.2 Å². The number of benzene rings is 2. The second-order valence-corrected chi connectivity index (χ2v) is 6.04. The minimum absolute atomic E-state index is 0.331. The summed E-state index contributed by atoms with van der Waals surface area (Å²) in [6.07, 6.45) is 0. The molecule has 0 unspecified atom stereocenters. The Bertz CT molecular complexity index is 668. The quantitative estimate of drug-likeness (QED) is 0.868. The Morgan fingerprint density at radius 2 is 1.08 bits per heavy atom. The minimum Gasteiger partial charge on any atom is -0.469 e. The number of ether oxygens (including phenoxy) is 2. The highest BCUT2D eigenvalue weighted by Gasteiger charge is 2.52. The molecule has 5 nitrogen and oxygen atoms in total. The van der Waals surface area contributed by atoms with E-state index in [4.69, 9.17) is 9.47 Å². The molecule has 1 aliphatic rings. The summed E-state index contributed by atoms with van der Waals surface area (Å²) in [5.41, 5.74) is 1.87. The Kier molecular flexibility index (Phi) is 5.14. The molecule has 0 bridgehead atoms. The van der Waals surface area contributed by atoms with Crippen LogP contribution in [-0.4, -0.2) is 26.2 Å². The summed E-state index contributed by atoms with van der Waals surface area (Å²) < 4.78 is 10.0. The summed E-state index contributed by atoms with van der Waals surface area (Å²) in [6.45, 7) is 0. The number of carbonyl (C=O) groups excluding carboxylic acids is 2. The van der Waals surface area contributed by atoms with Gasteiger partial charge in [-0.1, -0.05) is 60.7 Å². The molecule has 1 aliphatic heterocycles. The van der Waals surface area contributed by atoms with Gasteiger partial charge in [0.1, 0.15) is 0 Å². The van der Waals surface area contributed by atoms with E-state index in [2.05, 4.69) is 5.32 Å². The van der Waals surface area contributed by atoms with Gasteiger partial charge in [0.2, 0.25) is 0 Å². The standard InChI is InChI=1S/C20H21NO4/c1-24-19(22)15-16(20(23)25-2)18(14-11-7-4-8-12-14)21-17(15)13-9-5-3-6-10-13/h3-12,15-18,21H,1-2H3/t15-,16-,17-,18+/m1/s1. The Morgan fingerprint density at radius 3 is 1.40 bits per heavy atom. The number of nitrogens with one attached hydrogen (secondary N) is 1. The zero-order chi connectivity index (χ0) is 17.8. The first-order valence-electron chi connectivity index (χ1n) is 8.19. The van der Waals surface area contributed by atoms with E-state index in [1.807, 2.05) is 60.7 Å². The first-order valence-corrected chi connectivity index (χ1v) is 8.19. The lowest BCUT2D eigenvalue weighted by molar-refractivity contribution is -0.157. The van der Waals surface area contributed by atoms with Crippen LogP contribution in [0.5, 0.6) is 0 Å². The van der Waals surface area contributed by atoms with Crippen LogP contribution in [0.1, 0.15) is 23.2 Å². The fourth-order valence-corrected chi connectivity index (χ4v) is 3.58. The number of methoxy groups -OCH3 is 2. The molecule has 25 heavy (non-hydrogen) atoms. The monoisotopic (exact) mass is 339 g/mol. The van der Waals surface area contributed by atoms with Gasteiger partial charge in [0.15, 0.2) is 0 Å². The first kappa shape index (κ1) is 17.2. The van der Waals surface area contributed by atoms with E-state index in [0.29, 0.717) is 0 Å². The van der Waals surface area contributed by atoms with Gasteiger partial charge in [-0.2, -0.15) is 0 Å². The Labute approximate surface area is 147 Å². The van der Waals surface area contributed by atoms with Gasteiger partial charge in [-0.25, -0.2) is 0 Å². The maximum absolute atomic E-state index is 12.5. The topological polar surface area (TPSA) is 64.6 Å². The molecule has 1 N–H and O–H groups in total. The molecule has 1 fully saturated rings. The Balaban J connectivity index is 2.07. The van der Waals surface area contributed by atoms with Gasteiger partial charge >= 0.3 is 11.9 Å². The van der Waals surface area contributed by atoms with Crippen LogP contribution in [0.4, 0.5) is 0 Å². The molecule has 2 aromatic carbocycles. The smallest absolute Gasteiger partial charge is 0.311 e. The van der Waals surface area contributed by atoms with Gasteiger partial charge in [-0.3, -0.25) is 9.59 Å². The lowest BCUT2D eigenvalue weighted by Crippen LogP contribution is -2.32. The Hall–Kier alpha value is -2.66. The van der Waals surface area contributed by atoms with Crippen molar-refractivity contribution in [1.82, 2.24) is 5.32 Å². The fraction of sp³-hybridized carbons (Fsp3) is 0.300. The SMILES string of the molecule is COC(=O)[C@@H]1[C@@H](C(=O)OC)[C@H](c2ccccc2)N[C@@H]1c1ccccc1. The second-order valence-electron chi connectivity index (χ2n) is 6.04. The molecule has 130 valence electrons. The lowest BCUT2D eigenvalue weighted by atomic mass is 9.82. The van der Waals surface area contributed by atoms with Crippen LogP contribution < -0.4 is 5.32 Å². The van der Waals surface area contributed by atoms with Gasteiger partial charge < -0.3 is 14.8 Å². The summed E-state index contributed by atoms with van der Waals surface area (Å²) >= 11 is 0. The number of esters is 2. The number of rotatable bonds is 4. The average Bonchev–Trinajstić information content (AvgIpc) is 3.08. The predicted octanol–water partition coefficient (Wildman–Crippen LogP) is 2.65. The van der Waals surface area contributed by atoms with Crippen LogP contribution in [0.2, 0.25) is 0 Å². The van der Waals surface area contributed by atoms with Gasteiger partial charge in [-0.15, -0.1) is 0 Å². The molecule has 1 saturated heterocycles. The summed E-state index contributed by atoms with van der Waals surface area (Å²) in [5, 5.41) is 3.45. The molecule has 0 spiro atoms. The zero-order valence-corrected chi connectivity index (χ0v) is 14.2. The summed E-state index contributed by atoms with van der Waals surface area (Å²) in [4.78, 5) is 25.1. The highest BCUT2D eigenvalue weighted by molar-refractivity contribution is 5.84. The van der Waals surface area contributed by atoms with Crippen molar-refractivity contribution in [2.75, 3.05) is 14.2 Å². The van der Waals surface area contributed by atoms with Gasteiger partial charge in [0, 0.05) is 12.1 Å². The molecule has 0 aromatic heterocycles. The molecule has 4 atom stereocenters. The van der Waals surface area contributed by atoms with E-state index < -0.39 is 23.8 Å². The average molecular weight is 339 g/mol. The third-order valence-corrected chi connectivity index (χ3v) is 4.73. The van der Waals surface area contributed by atoms with Crippen molar-refractivity contribution in [2.24, 2.45) is 11.8 Å². The van der Waals surface area contributed by atoms with Gasteiger partial charge in [0.05, 0.1) is 26.1 Å². The molecule has 2 aromatic rings. The van der Waals surface area contributed by atoms with Crippen LogP contribution in [0, 0.1) is 11.8 Å². The molecule has 0 amide bonds. The van der Waals surface area contributed by atoms with E-state index in [0.717, 1.165) is 11.1 Å². The molecule has 3 rings (SSSR count). The van der Waals surface area contributed by atoms with Crippen LogP contribution in [0.25, 0.3) is 0 Å². The highest BCUT2D eigenvalue weighted by Crippen LogP contribution is 2.45. The highest BCUT2D eigenvalue weighted by atomic mass is 16.5. The van der Waals surface area contributed by atoms with E-state index in [9.17, 15) is 9.59 Å². The molecule has 0 radical (unpaired) electrons. The summed E-state index contributed by atoms with van der Waals surface area (Å²) in [7, 11) is 2.68. The number of carbonyl (C=O) groups is 2. The zero-order valence-electron chi connectivity index (χ0n) is 14.2. The maximum Gasteiger partial charge on any atom is 0.311 e. The number of hydrogen-bond donors (Lipinski definition) is 1. The van der Waals surface area contributed by atoms with E-state index >= 15 is 0 Å². The second kappa shape index (κ2) is 7.49. The van der Waals surface area contributed by atoms with Crippen molar-refractivity contribution < 1.29 is 19.1 Å². The van der Waals surface area contributed by atoms with Crippen LogP contribution >= 0.6 is 0 Å². The van der Waals surface area contributed by atoms with Crippen LogP contribution in [0.15, 0.2) is 60.7 Å². The normalized spacial score (nSPS) is 25.4. The van der Waals surface area contributed by atoms with Crippen LogP contribution in [0.3, 0.4) is 0 Å². The fourth-order valence-electron chi connectivity index (χ4n) is 3.58. The Morgan fingerprint density at radius 1 is 0.720 bits per heavy atom. The van der Waals surface area contributed by atoms with Crippen molar-refractivity contribution in [3.63, 3.8) is 0 Å². The first-order chi connectivity index (χ1) is 12.2. The van der Waals surface area contributed by atoms with Crippen molar-refractivity contribution in [1.29, 1.82) is 0 Å². The van der Waals surface area contributed by atoms with E-state index in [-0.39, 0.29) is 12.1 Å². The molecular weight excluding hydrogens is 318 g/mol. The van der Waals surface area contributed by atoms with Crippen LogP contribution in [-0.2, 0) is 19.1 Å².